The first-order valence-corrected chi connectivity index (χ1v) is 5.65. The van der Waals surface area contributed by atoms with Crippen LogP contribution in [0.1, 0.15) is 29.5 Å². The molecule has 0 atom stereocenters. The molecule has 0 aliphatic rings. The van der Waals surface area contributed by atoms with Crippen molar-refractivity contribution in [1.29, 1.82) is 0 Å². The van der Waals surface area contributed by atoms with Crippen LogP contribution in [-0.2, 0) is 12.7 Å². The van der Waals surface area contributed by atoms with Crippen molar-refractivity contribution in [2.75, 3.05) is 0 Å². The minimum atomic E-state index is -4.56. The fourth-order valence-electron chi connectivity index (χ4n) is 1.93. The molecule has 1 aromatic heterocycles. The number of fused-ring (bicyclic) bond motifs is 1. The van der Waals surface area contributed by atoms with Gasteiger partial charge in [0.2, 0.25) is 5.82 Å². The molecular formula is C12H11F3N2O2. The van der Waals surface area contributed by atoms with Crippen molar-refractivity contribution in [3.05, 3.63) is 29.6 Å². The number of imidazole rings is 1. The Morgan fingerprint density at radius 2 is 2.11 bits per heavy atom. The minimum absolute atomic E-state index is 0.0423. The average Bonchev–Trinajstić information content (AvgIpc) is 2.67. The number of aromatic nitrogens is 2. The van der Waals surface area contributed by atoms with Crippen LogP contribution in [-0.4, -0.2) is 20.6 Å². The average molecular weight is 272 g/mol. The van der Waals surface area contributed by atoms with Gasteiger partial charge in [0.15, 0.2) is 0 Å². The van der Waals surface area contributed by atoms with E-state index < -0.39 is 18.0 Å². The summed E-state index contributed by atoms with van der Waals surface area (Å²) in [6.45, 7) is 1.94. The van der Waals surface area contributed by atoms with E-state index in [1.54, 1.807) is 6.92 Å². The Kier molecular flexibility index (Phi) is 3.21. The van der Waals surface area contributed by atoms with Crippen LogP contribution in [0.15, 0.2) is 18.2 Å². The largest absolute Gasteiger partial charge is 0.478 e. The van der Waals surface area contributed by atoms with E-state index in [0.29, 0.717) is 11.9 Å². The Labute approximate surface area is 106 Å². The van der Waals surface area contributed by atoms with Crippen LogP contribution in [0.5, 0.6) is 0 Å². The van der Waals surface area contributed by atoms with Crippen LogP contribution in [0.2, 0.25) is 0 Å². The number of alkyl halides is 3. The van der Waals surface area contributed by atoms with E-state index in [1.165, 1.54) is 12.1 Å². The SMILES string of the molecule is CCCn1c(C(F)(F)F)nc2cc(C(=O)O)ccc21. The number of hydrogen-bond acceptors (Lipinski definition) is 2. The highest BCUT2D eigenvalue weighted by Gasteiger charge is 2.37. The molecule has 0 fully saturated rings. The molecule has 2 rings (SSSR count). The number of rotatable bonds is 3. The monoisotopic (exact) mass is 272 g/mol. The highest BCUT2D eigenvalue weighted by molar-refractivity contribution is 5.92. The van der Waals surface area contributed by atoms with Gasteiger partial charge in [0.25, 0.3) is 0 Å². The Hall–Kier alpha value is -2.05. The van der Waals surface area contributed by atoms with Gasteiger partial charge >= 0.3 is 12.1 Å². The van der Waals surface area contributed by atoms with E-state index in [2.05, 4.69) is 4.98 Å². The summed E-state index contributed by atoms with van der Waals surface area (Å²) < 4.78 is 39.7. The van der Waals surface area contributed by atoms with Crippen molar-refractivity contribution in [1.82, 2.24) is 9.55 Å². The zero-order valence-electron chi connectivity index (χ0n) is 10.0. The van der Waals surface area contributed by atoms with Gasteiger partial charge in [0.1, 0.15) is 0 Å². The summed E-state index contributed by atoms with van der Waals surface area (Å²) in [6.07, 6.45) is -4.03. The lowest BCUT2D eigenvalue weighted by molar-refractivity contribution is -0.146. The maximum atomic E-state index is 12.9. The molecule has 0 aliphatic heterocycles. The summed E-state index contributed by atoms with van der Waals surface area (Å²) in [5.74, 6) is -2.19. The number of carbonyl (C=O) groups is 1. The van der Waals surface area contributed by atoms with E-state index >= 15 is 0 Å². The van der Waals surface area contributed by atoms with E-state index in [9.17, 15) is 18.0 Å². The third kappa shape index (κ3) is 2.40. The first kappa shape index (κ1) is 13.4. The molecule has 102 valence electrons. The van der Waals surface area contributed by atoms with Gasteiger partial charge in [-0.2, -0.15) is 13.2 Å². The molecule has 1 heterocycles. The van der Waals surface area contributed by atoms with Crippen molar-refractivity contribution in [3.63, 3.8) is 0 Å². The predicted octanol–water partition coefficient (Wildman–Crippen LogP) is 3.16. The summed E-state index contributed by atoms with van der Waals surface area (Å²) >= 11 is 0. The zero-order valence-corrected chi connectivity index (χ0v) is 10.0. The smallest absolute Gasteiger partial charge is 0.449 e. The lowest BCUT2D eigenvalue weighted by Gasteiger charge is -2.09. The fourth-order valence-corrected chi connectivity index (χ4v) is 1.93. The maximum Gasteiger partial charge on any atom is 0.449 e. The van der Waals surface area contributed by atoms with Crippen molar-refractivity contribution < 1.29 is 23.1 Å². The second-order valence-corrected chi connectivity index (χ2v) is 4.09. The molecule has 7 heteroatoms. The second-order valence-electron chi connectivity index (χ2n) is 4.09. The first-order valence-electron chi connectivity index (χ1n) is 5.65. The van der Waals surface area contributed by atoms with Gasteiger partial charge in [-0.3, -0.25) is 0 Å². The first-order chi connectivity index (χ1) is 8.84. The number of carboxylic acid groups (broad SMARTS) is 1. The Morgan fingerprint density at radius 1 is 1.42 bits per heavy atom. The van der Waals surface area contributed by atoms with Crippen molar-refractivity contribution in [2.24, 2.45) is 0 Å². The number of hydrogen-bond donors (Lipinski definition) is 1. The molecule has 0 spiro atoms. The van der Waals surface area contributed by atoms with Crippen LogP contribution < -0.4 is 0 Å². The maximum absolute atomic E-state index is 12.9. The molecule has 2 aromatic rings. The summed E-state index contributed by atoms with van der Waals surface area (Å²) in [5.41, 5.74) is 0.252. The lowest BCUT2D eigenvalue weighted by Crippen LogP contribution is -2.14. The quantitative estimate of drug-likeness (QED) is 0.933. The van der Waals surface area contributed by atoms with Crippen LogP contribution in [0.25, 0.3) is 11.0 Å². The Bertz CT molecular complexity index is 632. The van der Waals surface area contributed by atoms with Gasteiger partial charge in [0, 0.05) is 6.54 Å². The standard InChI is InChI=1S/C12H11F3N2O2/c1-2-5-17-9-4-3-7(10(18)19)6-8(9)16-11(17)12(13,14)15/h3-4,6H,2,5H2,1H3,(H,18,19). The van der Waals surface area contributed by atoms with Gasteiger partial charge < -0.3 is 9.67 Å². The molecule has 1 aromatic carbocycles. The van der Waals surface area contributed by atoms with Gasteiger partial charge in [0.05, 0.1) is 16.6 Å². The van der Waals surface area contributed by atoms with Gasteiger partial charge in [-0.15, -0.1) is 0 Å². The number of nitrogens with zero attached hydrogens (tertiary/aromatic N) is 2. The Balaban J connectivity index is 2.69. The highest BCUT2D eigenvalue weighted by Crippen LogP contribution is 2.31. The van der Waals surface area contributed by atoms with Crippen molar-refractivity contribution >= 4 is 17.0 Å². The predicted molar refractivity (Wildman–Crippen MR) is 62.0 cm³/mol. The summed E-state index contributed by atoms with van der Waals surface area (Å²) in [4.78, 5) is 14.3. The third-order valence-electron chi connectivity index (χ3n) is 2.70. The topological polar surface area (TPSA) is 55.1 Å². The fraction of sp³-hybridized carbons (Fsp3) is 0.333. The normalized spacial score (nSPS) is 12.0. The second kappa shape index (κ2) is 4.56. The molecule has 19 heavy (non-hydrogen) atoms. The summed E-state index contributed by atoms with van der Waals surface area (Å²) in [6, 6.07) is 3.79. The van der Waals surface area contributed by atoms with E-state index in [-0.39, 0.29) is 17.6 Å². The molecule has 1 N–H and O–H groups in total. The van der Waals surface area contributed by atoms with Gasteiger partial charge in [-0.05, 0) is 24.6 Å². The number of aryl methyl sites for hydroxylation is 1. The summed E-state index contributed by atoms with van der Waals surface area (Å²) in [7, 11) is 0. The number of aromatic carboxylic acids is 1. The third-order valence-corrected chi connectivity index (χ3v) is 2.70. The molecule has 0 saturated carbocycles. The molecule has 0 amide bonds. The minimum Gasteiger partial charge on any atom is -0.478 e. The molecule has 0 bridgehead atoms. The summed E-state index contributed by atoms with van der Waals surface area (Å²) in [5, 5.41) is 8.83. The number of carboxylic acids is 1. The van der Waals surface area contributed by atoms with Crippen molar-refractivity contribution in [3.8, 4) is 0 Å². The van der Waals surface area contributed by atoms with E-state index in [0.717, 1.165) is 10.6 Å². The van der Waals surface area contributed by atoms with Crippen molar-refractivity contribution in [2.45, 2.75) is 26.1 Å². The molecule has 0 aliphatic carbocycles. The van der Waals surface area contributed by atoms with E-state index in [4.69, 9.17) is 5.11 Å². The Morgan fingerprint density at radius 3 is 2.63 bits per heavy atom. The van der Waals surface area contributed by atoms with Crippen LogP contribution in [0.3, 0.4) is 0 Å². The highest BCUT2D eigenvalue weighted by atomic mass is 19.4. The van der Waals surface area contributed by atoms with Crippen LogP contribution in [0, 0.1) is 0 Å². The van der Waals surface area contributed by atoms with Crippen LogP contribution in [0.4, 0.5) is 13.2 Å². The number of benzene rings is 1. The molecule has 0 unspecified atom stereocenters. The van der Waals surface area contributed by atoms with E-state index in [1.807, 2.05) is 0 Å². The molecule has 0 radical (unpaired) electrons. The van der Waals surface area contributed by atoms with Gasteiger partial charge in [-0.1, -0.05) is 6.92 Å². The lowest BCUT2D eigenvalue weighted by atomic mass is 10.2. The van der Waals surface area contributed by atoms with Crippen LogP contribution >= 0.6 is 0 Å². The number of halogens is 3. The molecule has 0 saturated heterocycles. The zero-order chi connectivity index (χ0) is 14.2. The van der Waals surface area contributed by atoms with Gasteiger partial charge in [-0.25, -0.2) is 9.78 Å². The molecular weight excluding hydrogens is 261 g/mol. The molecule has 4 nitrogen and oxygen atoms in total.